The first-order valence-corrected chi connectivity index (χ1v) is 11.0. The van der Waals surface area contributed by atoms with Crippen LogP contribution in [0, 0.1) is 0 Å². The number of aliphatic carboxylic acids is 1. The molecule has 0 amide bonds. The Labute approximate surface area is 194 Å². The Morgan fingerprint density at radius 3 is 2.59 bits per heavy atom. The third-order valence-corrected chi connectivity index (χ3v) is 6.11. The van der Waals surface area contributed by atoms with Crippen LogP contribution in [0.1, 0.15) is 22.6 Å². The van der Waals surface area contributed by atoms with Crippen LogP contribution in [-0.4, -0.2) is 23.2 Å². The molecule has 0 fully saturated rings. The normalized spacial score (nSPS) is 11.5. The summed E-state index contributed by atoms with van der Waals surface area (Å²) in [6.45, 7) is 0.374. The van der Waals surface area contributed by atoms with Gasteiger partial charge in [0.05, 0.1) is 23.7 Å². The number of benzene rings is 3. The number of ether oxygens (including phenoxy) is 2. The van der Waals surface area contributed by atoms with Gasteiger partial charge < -0.3 is 14.6 Å². The number of rotatable bonds is 8. The summed E-state index contributed by atoms with van der Waals surface area (Å²) in [5.74, 6) is 0.247. The fraction of sp³-hybridized carbons (Fsp3) is 0.120. The highest BCUT2D eigenvalue weighted by Crippen LogP contribution is 2.33. The molecule has 1 aromatic heterocycles. The zero-order valence-electron chi connectivity index (χ0n) is 17.2. The summed E-state index contributed by atoms with van der Waals surface area (Å²) in [7, 11) is 1.57. The second-order valence-corrected chi connectivity index (χ2v) is 8.52. The van der Waals surface area contributed by atoms with Crippen molar-refractivity contribution in [2.24, 2.45) is 0 Å². The highest BCUT2D eigenvalue weighted by molar-refractivity contribution is 7.19. The molecule has 0 aliphatic rings. The molecule has 3 aromatic carbocycles. The van der Waals surface area contributed by atoms with Crippen molar-refractivity contribution in [2.75, 3.05) is 7.11 Å². The molecule has 0 aliphatic heterocycles. The van der Waals surface area contributed by atoms with Gasteiger partial charge in [0, 0.05) is 5.02 Å². The van der Waals surface area contributed by atoms with E-state index in [0.29, 0.717) is 33.7 Å². The SMILES string of the molecule is COc1cc(/C=C(/CC(=O)O)c2nc3ccccc3s2)ccc1OCc1ccc(Cl)cc1. The summed E-state index contributed by atoms with van der Waals surface area (Å²) in [5.41, 5.74) is 3.28. The molecule has 162 valence electrons. The Hall–Kier alpha value is -3.35. The van der Waals surface area contributed by atoms with Gasteiger partial charge in [-0.3, -0.25) is 4.79 Å². The van der Waals surface area contributed by atoms with Crippen molar-refractivity contribution in [3.63, 3.8) is 0 Å². The molecule has 5 nitrogen and oxygen atoms in total. The number of hydrogen-bond donors (Lipinski definition) is 1. The zero-order chi connectivity index (χ0) is 22.5. The number of hydrogen-bond acceptors (Lipinski definition) is 5. The number of aromatic nitrogens is 1. The second kappa shape index (κ2) is 9.85. The lowest BCUT2D eigenvalue weighted by atomic mass is 10.1. The Bertz CT molecular complexity index is 1250. The molecular weight excluding hydrogens is 446 g/mol. The number of para-hydroxylation sites is 1. The van der Waals surface area contributed by atoms with Crippen LogP contribution in [0.25, 0.3) is 21.9 Å². The van der Waals surface area contributed by atoms with Crippen LogP contribution < -0.4 is 9.47 Å². The van der Waals surface area contributed by atoms with Gasteiger partial charge in [0.2, 0.25) is 0 Å². The molecule has 0 saturated heterocycles. The molecule has 0 spiro atoms. The van der Waals surface area contributed by atoms with E-state index in [4.69, 9.17) is 21.1 Å². The van der Waals surface area contributed by atoms with Gasteiger partial charge in [-0.1, -0.05) is 41.9 Å². The first-order valence-electron chi connectivity index (χ1n) is 9.85. The molecule has 1 heterocycles. The molecule has 0 unspecified atom stereocenters. The van der Waals surface area contributed by atoms with Gasteiger partial charge >= 0.3 is 5.97 Å². The minimum absolute atomic E-state index is 0.128. The summed E-state index contributed by atoms with van der Waals surface area (Å²) in [6.07, 6.45) is 1.70. The Balaban J connectivity index is 1.61. The van der Waals surface area contributed by atoms with E-state index in [9.17, 15) is 9.90 Å². The van der Waals surface area contributed by atoms with E-state index in [1.54, 1.807) is 7.11 Å². The largest absolute Gasteiger partial charge is 0.493 e. The van der Waals surface area contributed by atoms with Gasteiger partial charge in [-0.25, -0.2) is 4.98 Å². The van der Waals surface area contributed by atoms with Crippen molar-refractivity contribution in [2.45, 2.75) is 13.0 Å². The molecule has 4 rings (SSSR count). The van der Waals surface area contributed by atoms with Crippen LogP contribution in [0.2, 0.25) is 5.02 Å². The molecule has 0 bridgehead atoms. The Morgan fingerprint density at radius 1 is 1.09 bits per heavy atom. The summed E-state index contributed by atoms with van der Waals surface area (Å²) in [4.78, 5) is 16.1. The number of halogens is 1. The smallest absolute Gasteiger partial charge is 0.307 e. The Morgan fingerprint density at radius 2 is 1.88 bits per heavy atom. The molecule has 0 atom stereocenters. The van der Waals surface area contributed by atoms with E-state index in [2.05, 4.69) is 4.98 Å². The summed E-state index contributed by atoms with van der Waals surface area (Å²) < 4.78 is 12.4. The molecule has 0 radical (unpaired) electrons. The van der Waals surface area contributed by atoms with Crippen molar-refractivity contribution in [3.05, 3.63) is 87.9 Å². The van der Waals surface area contributed by atoms with Gasteiger partial charge in [-0.05, 0) is 59.2 Å². The van der Waals surface area contributed by atoms with Crippen LogP contribution in [0.5, 0.6) is 11.5 Å². The van der Waals surface area contributed by atoms with Crippen molar-refractivity contribution >= 4 is 50.8 Å². The first kappa shape index (κ1) is 21.9. The molecule has 32 heavy (non-hydrogen) atoms. The maximum Gasteiger partial charge on any atom is 0.307 e. The number of carboxylic acid groups (broad SMARTS) is 1. The molecule has 1 N–H and O–H groups in total. The lowest BCUT2D eigenvalue weighted by Crippen LogP contribution is -1.99. The van der Waals surface area contributed by atoms with Crippen LogP contribution in [0.3, 0.4) is 0 Å². The number of methoxy groups -OCH3 is 1. The highest BCUT2D eigenvalue weighted by Gasteiger charge is 2.14. The maximum absolute atomic E-state index is 11.5. The van der Waals surface area contributed by atoms with Gasteiger partial charge in [0.25, 0.3) is 0 Å². The topological polar surface area (TPSA) is 68.7 Å². The lowest BCUT2D eigenvalue weighted by molar-refractivity contribution is -0.135. The summed E-state index contributed by atoms with van der Waals surface area (Å²) >= 11 is 7.41. The number of fused-ring (bicyclic) bond motifs is 1. The first-order chi connectivity index (χ1) is 15.5. The van der Waals surface area contributed by atoms with Crippen molar-refractivity contribution in [3.8, 4) is 11.5 Å². The van der Waals surface area contributed by atoms with Gasteiger partial charge in [-0.2, -0.15) is 0 Å². The fourth-order valence-corrected chi connectivity index (χ4v) is 4.30. The standard InChI is InChI=1S/C25H20ClNO4S/c1-30-22-13-17(8-11-21(22)31-15-16-6-9-19(26)10-7-16)12-18(14-24(28)29)25-27-20-4-2-3-5-23(20)32-25/h2-13H,14-15H2,1H3,(H,28,29)/b18-12-. The minimum atomic E-state index is -0.912. The molecular formula is C25H20ClNO4S. The third-order valence-electron chi connectivity index (χ3n) is 4.75. The van der Waals surface area contributed by atoms with Crippen molar-refractivity contribution < 1.29 is 19.4 Å². The third kappa shape index (κ3) is 5.28. The predicted molar refractivity (Wildman–Crippen MR) is 129 cm³/mol. The monoisotopic (exact) mass is 465 g/mol. The average molecular weight is 466 g/mol. The lowest BCUT2D eigenvalue weighted by Gasteiger charge is -2.12. The molecule has 0 aliphatic carbocycles. The van der Waals surface area contributed by atoms with Gasteiger partial charge in [0.1, 0.15) is 11.6 Å². The summed E-state index contributed by atoms with van der Waals surface area (Å²) in [5, 5.41) is 10.8. The number of carbonyl (C=O) groups is 1. The quantitative estimate of drug-likeness (QED) is 0.319. The van der Waals surface area contributed by atoms with Crippen LogP contribution >= 0.6 is 22.9 Å². The van der Waals surface area contributed by atoms with Crippen molar-refractivity contribution in [1.82, 2.24) is 4.98 Å². The average Bonchev–Trinajstić information content (AvgIpc) is 3.23. The van der Waals surface area contributed by atoms with Gasteiger partial charge in [0.15, 0.2) is 11.5 Å². The number of carboxylic acids is 1. The predicted octanol–water partition coefficient (Wildman–Crippen LogP) is 6.55. The van der Waals surface area contributed by atoms with E-state index in [0.717, 1.165) is 21.3 Å². The van der Waals surface area contributed by atoms with Crippen LogP contribution in [-0.2, 0) is 11.4 Å². The number of thiazole rings is 1. The second-order valence-electron chi connectivity index (χ2n) is 7.05. The van der Waals surface area contributed by atoms with E-state index in [1.807, 2.05) is 72.8 Å². The van der Waals surface area contributed by atoms with Crippen LogP contribution in [0.4, 0.5) is 0 Å². The molecule has 0 saturated carbocycles. The molecule has 7 heteroatoms. The summed E-state index contributed by atoms with van der Waals surface area (Å²) in [6, 6.07) is 20.7. The van der Waals surface area contributed by atoms with Crippen LogP contribution in [0.15, 0.2) is 66.7 Å². The zero-order valence-corrected chi connectivity index (χ0v) is 18.8. The fourth-order valence-electron chi connectivity index (χ4n) is 3.20. The maximum atomic E-state index is 11.5. The van der Waals surface area contributed by atoms with E-state index in [-0.39, 0.29) is 6.42 Å². The Kier molecular flexibility index (Phi) is 6.73. The van der Waals surface area contributed by atoms with E-state index in [1.165, 1.54) is 11.3 Å². The molecule has 4 aromatic rings. The number of nitrogens with zero attached hydrogens (tertiary/aromatic N) is 1. The minimum Gasteiger partial charge on any atom is -0.493 e. The van der Waals surface area contributed by atoms with E-state index >= 15 is 0 Å². The van der Waals surface area contributed by atoms with Gasteiger partial charge in [-0.15, -0.1) is 11.3 Å². The van der Waals surface area contributed by atoms with Crippen molar-refractivity contribution in [1.29, 1.82) is 0 Å². The van der Waals surface area contributed by atoms with E-state index < -0.39 is 5.97 Å². The highest BCUT2D eigenvalue weighted by atomic mass is 35.5.